The van der Waals surface area contributed by atoms with Gasteiger partial charge in [0, 0.05) is 11.4 Å². The zero-order chi connectivity index (χ0) is 17.8. The van der Waals surface area contributed by atoms with E-state index < -0.39 is 0 Å². The fraction of sp³-hybridized carbons (Fsp3) is 0.211. The van der Waals surface area contributed by atoms with Crippen LogP contribution in [-0.2, 0) is 0 Å². The highest BCUT2D eigenvalue weighted by Crippen LogP contribution is 2.25. The molecule has 0 amide bonds. The average molecular weight is 335 g/mol. The predicted octanol–water partition coefficient (Wildman–Crippen LogP) is 4.29. The summed E-state index contributed by atoms with van der Waals surface area (Å²) in [7, 11) is 1.64. The first-order valence-electron chi connectivity index (χ1n) is 8.01. The standard InChI is InChI=1S/C19H21N5O/c1-12-9-13(2)18(14(3)10-12)22-17-11-20-24-19(23-17)21-15-5-7-16(25-4)8-6-15/h5-11H,1-4H3,(H2,21,22,23,24). The second kappa shape index (κ2) is 7.17. The number of anilines is 4. The van der Waals surface area contributed by atoms with Crippen LogP contribution in [0.3, 0.4) is 0 Å². The third kappa shape index (κ3) is 4.03. The van der Waals surface area contributed by atoms with E-state index in [0.29, 0.717) is 11.8 Å². The van der Waals surface area contributed by atoms with Gasteiger partial charge in [-0.2, -0.15) is 10.1 Å². The van der Waals surface area contributed by atoms with Crippen molar-refractivity contribution in [3.05, 3.63) is 59.3 Å². The summed E-state index contributed by atoms with van der Waals surface area (Å²) >= 11 is 0. The van der Waals surface area contributed by atoms with Crippen LogP contribution in [0.1, 0.15) is 16.7 Å². The maximum absolute atomic E-state index is 5.15. The quantitative estimate of drug-likeness (QED) is 0.724. The Labute approximate surface area is 147 Å². The van der Waals surface area contributed by atoms with Gasteiger partial charge in [-0.25, -0.2) is 0 Å². The summed E-state index contributed by atoms with van der Waals surface area (Å²) in [6.07, 6.45) is 1.61. The van der Waals surface area contributed by atoms with Crippen molar-refractivity contribution in [1.29, 1.82) is 0 Å². The molecule has 3 rings (SSSR count). The normalized spacial score (nSPS) is 10.4. The third-order valence-electron chi connectivity index (χ3n) is 3.84. The van der Waals surface area contributed by atoms with Gasteiger partial charge in [0.05, 0.1) is 13.3 Å². The first kappa shape index (κ1) is 16.7. The van der Waals surface area contributed by atoms with Gasteiger partial charge in [-0.05, 0) is 56.2 Å². The topological polar surface area (TPSA) is 72.0 Å². The summed E-state index contributed by atoms with van der Waals surface area (Å²) < 4.78 is 5.15. The Kier molecular flexibility index (Phi) is 4.79. The minimum atomic E-state index is 0.428. The Morgan fingerprint density at radius 3 is 2.24 bits per heavy atom. The fourth-order valence-electron chi connectivity index (χ4n) is 2.73. The van der Waals surface area contributed by atoms with Crippen LogP contribution in [0.25, 0.3) is 0 Å². The Balaban J connectivity index is 1.79. The van der Waals surface area contributed by atoms with Crippen molar-refractivity contribution >= 4 is 23.1 Å². The zero-order valence-corrected chi connectivity index (χ0v) is 14.8. The lowest BCUT2D eigenvalue weighted by Gasteiger charge is -2.13. The number of aryl methyl sites for hydroxylation is 3. The first-order valence-corrected chi connectivity index (χ1v) is 8.01. The Bertz CT molecular complexity index is 854. The summed E-state index contributed by atoms with van der Waals surface area (Å²) in [5.41, 5.74) is 5.48. The van der Waals surface area contributed by atoms with Crippen molar-refractivity contribution in [2.45, 2.75) is 20.8 Å². The molecule has 25 heavy (non-hydrogen) atoms. The van der Waals surface area contributed by atoms with Crippen LogP contribution in [0.2, 0.25) is 0 Å². The van der Waals surface area contributed by atoms with E-state index in [1.807, 2.05) is 24.3 Å². The van der Waals surface area contributed by atoms with E-state index in [1.165, 1.54) is 16.7 Å². The van der Waals surface area contributed by atoms with Gasteiger partial charge >= 0.3 is 0 Å². The highest BCUT2D eigenvalue weighted by molar-refractivity contribution is 5.65. The molecule has 2 N–H and O–H groups in total. The van der Waals surface area contributed by atoms with Crippen molar-refractivity contribution < 1.29 is 4.74 Å². The van der Waals surface area contributed by atoms with Gasteiger partial charge in [0.1, 0.15) is 5.75 Å². The van der Waals surface area contributed by atoms with Crippen LogP contribution < -0.4 is 15.4 Å². The highest BCUT2D eigenvalue weighted by Gasteiger charge is 2.07. The lowest BCUT2D eigenvalue weighted by atomic mass is 10.1. The molecule has 0 spiro atoms. The van der Waals surface area contributed by atoms with E-state index in [4.69, 9.17) is 4.74 Å². The molecule has 0 bridgehead atoms. The maximum Gasteiger partial charge on any atom is 0.249 e. The van der Waals surface area contributed by atoms with Crippen molar-refractivity contribution in [2.75, 3.05) is 17.7 Å². The number of nitrogens with zero attached hydrogens (tertiary/aromatic N) is 3. The van der Waals surface area contributed by atoms with Crippen LogP contribution >= 0.6 is 0 Å². The molecule has 0 saturated carbocycles. The molecule has 0 saturated heterocycles. The number of hydrogen-bond acceptors (Lipinski definition) is 6. The predicted molar refractivity (Wildman–Crippen MR) is 100 cm³/mol. The molecular formula is C19H21N5O. The molecule has 0 atom stereocenters. The number of methoxy groups -OCH3 is 1. The minimum Gasteiger partial charge on any atom is -0.497 e. The molecule has 6 nitrogen and oxygen atoms in total. The second-order valence-corrected chi connectivity index (χ2v) is 5.92. The second-order valence-electron chi connectivity index (χ2n) is 5.92. The smallest absolute Gasteiger partial charge is 0.249 e. The van der Waals surface area contributed by atoms with Crippen molar-refractivity contribution in [2.24, 2.45) is 0 Å². The van der Waals surface area contributed by atoms with E-state index in [0.717, 1.165) is 17.1 Å². The van der Waals surface area contributed by atoms with Gasteiger partial charge in [0.25, 0.3) is 0 Å². The minimum absolute atomic E-state index is 0.428. The van der Waals surface area contributed by atoms with Crippen LogP contribution in [0.15, 0.2) is 42.6 Å². The summed E-state index contributed by atoms with van der Waals surface area (Å²) in [5.74, 6) is 1.86. The molecule has 1 aromatic heterocycles. The van der Waals surface area contributed by atoms with Gasteiger partial charge < -0.3 is 15.4 Å². The average Bonchev–Trinajstić information content (AvgIpc) is 2.59. The van der Waals surface area contributed by atoms with Gasteiger partial charge in [-0.15, -0.1) is 5.10 Å². The van der Waals surface area contributed by atoms with E-state index in [9.17, 15) is 0 Å². The zero-order valence-electron chi connectivity index (χ0n) is 14.8. The summed E-state index contributed by atoms with van der Waals surface area (Å²) in [6.45, 7) is 6.24. The molecule has 0 radical (unpaired) electrons. The van der Waals surface area contributed by atoms with Gasteiger partial charge in [0.2, 0.25) is 5.95 Å². The van der Waals surface area contributed by atoms with Crippen molar-refractivity contribution in [3.8, 4) is 5.75 Å². The third-order valence-corrected chi connectivity index (χ3v) is 3.84. The maximum atomic E-state index is 5.15. The lowest BCUT2D eigenvalue weighted by Crippen LogP contribution is -2.04. The number of rotatable bonds is 5. The molecule has 128 valence electrons. The fourth-order valence-corrected chi connectivity index (χ4v) is 2.73. The van der Waals surface area contributed by atoms with Crippen molar-refractivity contribution in [3.63, 3.8) is 0 Å². The first-order chi connectivity index (χ1) is 12.0. The molecular weight excluding hydrogens is 314 g/mol. The summed E-state index contributed by atoms with van der Waals surface area (Å²) in [4.78, 5) is 4.48. The van der Waals surface area contributed by atoms with Gasteiger partial charge in [0.15, 0.2) is 5.82 Å². The summed E-state index contributed by atoms with van der Waals surface area (Å²) in [6, 6.07) is 11.8. The number of aromatic nitrogens is 3. The van der Waals surface area contributed by atoms with Gasteiger partial charge in [-0.1, -0.05) is 17.7 Å². The molecule has 0 aliphatic rings. The molecule has 0 aliphatic carbocycles. The lowest BCUT2D eigenvalue weighted by molar-refractivity contribution is 0.415. The van der Waals surface area contributed by atoms with E-state index in [1.54, 1.807) is 13.3 Å². The van der Waals surface area contributed by atoms with Crippen LogP contribution in [0, 0.1) is 20.8 Å². The Morgan fingerprint density at radius 1 is 0.920 bits per heavy atom. The van der Waals surface area contributed by atoms with Crippen molar-refractivity contribution in [1.82, 2.24) is 15.2 Å². The Morgan fingerprint density at radius 2 is 1.60 bits per heavy atom. The van der Waals surface area contributed by atoms with Crippen LogP contribution in [-0.4, -0.2) is 22.3 Å². The molecule has 0 fully saturated rings. The molecule has 3 aromatic rings. The highest BCUT2D eigenvalue weighted by atomic mass is 16.5. The van der Waals surface area contributed by atoms with E-state index in [2.05, 4.69) is 58.7 Å². The largest absolute Gasteiger partial charge is 0.497 e. The molecule has 6 heteroatoms. The number of ether oxygens (including phenoxy) is 1. The molecule has 0 aliphatic heterocycles. The Hall–Kier alpha value is -3.15. The van der Waals surface area contributed by atoms with Crippen LogP contribution in [0.4, 0.5) is 23.1 Å². The molecule has 0 unspecified atom stereocenters. The van der Waals surface area contributed by atoms with E-state index >= 15 is 0 Å². The monoisotopic (exact) mass is 335 g/mol. The number of hydrogen-bond donors (Lipinski definition) is 2. The molecule has 1 heterocycles. The SMILES string of the molecule is COc1ccc(Nc2nncc(Nc3c(C)cc(C)cc3C)n2)cc1. The van der Waals surface area contributed by atoms with Gasteiger partial charge in [-0.3, -0.25) is 0 Å². The number of nitrogens with one attached hydrogen (secondary N) is 2. The number of benzene rings is 2. The van der Waals surface area contributed by atoms with E-state index in [-0.39, 0.29) is 0 Å². The van der Waals surface area contributed by atoms with Crippen LogP contribution in [0.5, 0.6) is 5.75 Å². The summed E-state index contributed by atoms with van der Waals surface area (Å²) in [5, 5.41) is 14.5. The molecule has 2 aromatic carbocycles.